The van der Waals surface area contributed by atoms with E-state index in [9.17, 15) is 14.4 Å². The molecule has 0 amide bonds. The molecule has 0 heterocycles. The standard InChI is InChI=1S/C61H110O6/c1-4-7-10-13-16-19-22-25-28-30-31-34-36-39-42-45-48-51-54-60(63)66-57-58(56-65-59(62)53-50-47-44-41-38-35-32-27-24-21-18-15-12-9-6-3)67-61(64)55-52-49-46-43-40-37-33-29-26-23-20-17-14-11-8-5-2/h21,24,29,31,33-34,37,40,58H,4-20,22-23,25-28,30,32,35-36,38-39,41-57H2,1-3H3/b24-21-,33-29-,34-31-,40-37-. The molecule has 0 rings (SSSR count). The Kier molecular flexibility index (Phi) is 53.8. The molecule has 67 heavy (non-hydrogen) atoms. The first-order valence-corrected chi connectivity index (χ1v) is 29.2. The van der Waals surface area contributed by atoms with Crippen LogP contribution in [0.4, 0.5) is 0 Å². The number of ether oxygens (including phenoxy) is 3. The van der Waals surface area contributed by atoms with Crippen LogP contribution in [0.15, 0.2) is 48.6 Å². The van der Waals surface area contributed by atoms with Crippen LogP contribution in [0, 0.1) is 0 Å². The highest BCUT2D eigenvalue weighted by Crippen LogP contribution is 2.15. The third kappa shape index (κ3) is 54.2. The van der Waals surface area contributed by atoms with Crippen molar-refractivity contribution in [1.82, 2.24) is 0 Å². The molecule has 390 valence electrons. The maximum absolute atomic E-state index is 12.8. The fraction of sp³-hybridized carbons (Fsp3) is 0.820. The van der Waals surface area contributed by atoms with Gasteiger partial charge in [0, 0.05) is 19.3 Å². The van der Waals surface area contributed by atoms with Crippen molar-refractivity contribution in [2.75, 3.05) is 13.2 Å². The van der Waals surface area contributed by atoms with Crippen LogP contribution in [-0.2, 0) is 28.6 Å². The number of hydrogen-bond acceptors (Lipinski definition) is 6. The van der Waals surface area contributed by atoms with Crippen molar-refractivity contribution in [3.63, 3.8) is 0 Å². The van der Waals surface area contributed by atoms with Gasteiger partial charge in [-0.05, 0) is 96.3 Å². The number of carbonyl (C=O) groups excluding carboxylic acids is 3. The minimum Gasteiger partial charge on any atom is -0.462 e. The van der Waals surface area contributed by atoms with Gasteiger partial charge in [-0.3, -0.25) is 14.4 Å². The lowest BCUT2D eigenvalue weighted by Crippen LogP contribution is -2.30. The van der Waals surface area contributed by atoms with E-state index in [1.165, 1.54) is 186 Å². The van der Waals surface area contributed by atoms with E-state index in [0.29, 0.717) is 19.3 Å². The van der Waals surface area contributed by atoms with Gasteiger partial charge in [0.2, 0.25) is 0 Å². The van der Waals surface area contributed by atoms with Gasteiger partial charge in [0.1, 0.15) is 13.2 Å². The molecular weight excluding hydrogens is 829 g/mol. The Morgan fingerprint density at radius 1 is 0.299 bits per heavy atom. The largest absolute Gasteiger partial charge is 0.462 e. The number of hydrogen-bond donors (Lipinski definition) is 0. The maximum atomic E-state index is 12.8. The van der Waals surface area contributed by atoms with Crippen LogP contribution in [0.3, 0.4) is 0 Å². The second-order valence-corrected chi connectivity index (χ2v) is 19.6. The van der Waals surface area contributed by atoms with E-state index in [1.54, 1.807) is 0 Å². The molecule has 1 atom stereocenters. The average Bonchev–Trinajstić information content (AvgIpc) is 3.33. The first-order chi connectivity index (χ1) is 33.0. The van der Waals surface area contributed by atoms with E-state index >= 15 is 0 Å². The topological polar surface area (TPSA) is 78.9 Å². The molecule has 0 bridgehead atoms. The summed E-state index contributed by atoms with van der Waals surface area (Å²) in [6.45, 7) is 6.62. The van der Waals surface area contributed by atoms with E-state index in [2.05, 4.69) is 69.4 Å². The lowest BCUT2D eigenvalue weighted by atomic mass is 10.1. The van der Waals surface area contributed by atoms with E-state index < -0.39 is 6.10 Å². The molecule has 0 spiro atoms. The van der Waals surface area contributed by atoms with Crippen LogP contribution in [0.5, 0.6) is 0 Å². The van der Waals surface area contributed by atoms with Crippen LogP contribution in [0.1, 0.15) is 303 Å². The number of rotatable bonds is 53. The molecule has 1 unspecified atom stereocenters. The van der Waals surface area contributed by atoms with E-state index in [1.807, 2.05) is 0 Å². The summed E-state index contributed by atoms with van der Waals surface area (Å²) in [5, 5.41) is 0. The first-order valence-electron chi connectivity index (χ1n) is 29.2. The van der Waals surface area contributed by atoms with Crippen LogP contribution < -0.4 is 0 Å². The summed E-state index contributed by atoms with van der Waals surface area (Å²) in [6, 6.07) is 0. The van der Waals surface area contributed by atoms with E-state index in [-0.39, 0.29) is 31.1 Å². The summed E-state index contributed by atoms with van der Waals surface area (Å²) in [6.07, 6.45) is 68.1. The summed E-state index contributed by atoms with van der Waals surface area (Å²) >= 11 is 0. The molecule has 0 saturated heterocycles. The summed E-state index contributed by atoms with van der Waals surface area (Å²) in [7, 11) is 0. The molecule has 0 N–H and O–H groups in total. The molecule has 6 nitrogen and oxygen atoms in total. The van der Waals surface area contributed by atoms with Crippen LogP contribution in [-0.4, -0.2) is 37.2 Å². The Morgan fingerprint density at radius 3 is 0.866 bits per heavy atom. The molecule has 0 fully saturated rings. The second kappa shape index (κ2) is 56.0. The molecule has 0 aromatic heterocycles. The van der Waals surface area contributed by atoms with Gasteiger partial charge in [0.05, 0.1) is 0 Å². The van der Waals surface area contributed by atoms with Gasteiger partial charge in [-0.25, -0.2) is 0 Å². The van der Waals surface area contributed by atoms with Crippen LogP contribution >= 0.6 is 0 Å². The maximum Gasteiger partial charge on any atom is 0.306 e. The lowest BCUT2D eigenvalue weighted by molar-refractivity contribution is -0.167. The number of esters is 3. The molecule has 0 radical (unpaired) electrons. The van der Waals surface area contributed by atoms with Crippen LogP contribution in [0.25, 0.3) is 0 Å². The van der Waals surface area contributed by atoms with Crippen molar-refractivity contribution in [3.05, 3.63) is 48.6 Å². The van der Waals surface area contributed by atoms with Crippen LogP contribution in [0.2, 0.25) is 0 Å². The normalized spacial score (nSPS) is 12.3. The van der Waals surface area contributed by atoms with Crippen molar-refractivity contribution in [1.29, 1.82) is 0 Å². The fourth-order valence-corrected chi connectivity index (χ4v) is 8.36. The third-order valence-corrected chi connectivity index (χ3v) is 12.8. The Labute approximate surface area is 416 Å². The van der Waals surface area contributed by atoms with Gasteiger partial charge in [-0.1, -0.05) is 236 Å². The molecular formula is C61H110O6. The second-order valence-electron chi connectivity index (χ2n) is 19.6. The van der Waals surface area contributed by atoms with Crippen molar-refractivity contribution < 1.29 is 28.6 Å². The summed E-state index contributed by atoms with van der Waals surface area (Å²) in [5.74, 6) is -0.914. The zero-order valence-electron chi connectivity index (χ0n) is 44.7. The predicted molar refractivity (Wildman–Crippen MR) is 289 cm³/mol. The van der Waals surface area contributed by atoms with Gasteiger partial charge >= 0.3 is 17.9 Å². The summed E-state index contributed by atoms with van der Waals surface area (Å²) < 4.78 is 16.8. The first kappa shape index (κ1) is 64.4. The van der Waals surface area contributed by atoms with Crippen molar-refractivity contribution in [2.24, 2.45) is 0 Å². The Bertz CT molecular complexity index is 1170. The molecule has 0 aliphatic rings. The highest BCUT2D eigenvalue weighted by atomic mass is 16.6. The van der Waals surface area contributed by atoms with Gasteiger partial charge in [0.15, 0.2) is 6.10 Å². The van der Waals surface area contributed by atoms with Gasteiger partial charge < -0.3 is 14.2 Å². The predicted octanol–water partition coefficient (Wildman–Crippen LogP) is 19.4. The Hall–Kier alpha value is -2.63. The minimum absolute atomic E-state index is 0.0874. The third-order valence-electron chi connectivity index (χ3n) is 12.8. The zero-order chi connectivity index (χ0) is 48.6. The summed E-state index contributed by atoms with van der Waals surface area (Å²) in [4.78, 5) is 38.1. The molecule has 0 aliphatic heterocycles. The molecule has 0 saturated carbocycles. The van der Waals surface area contributed by atoms with Crippen molar-refractivity contribution >= 4 is 17.9 Å². The van der Waals surface area contributed by atoms with E-state index in [0.717, 1.165) is 77.0 Å². The lowest BCUT2D eigenvalue weighted by Gasteiger charge is -2.18. The van der Waals surface area contributed by atoms with E-state index in [4.69, 9.17) is 14.2 Å². The minimum atomic E-state index is -0.791. The highest BCUT2D eigenvalue weighted by Gasteiger charge is 2.19. The molecule has 6 heteroatoms. The number of carbonyl (C=O) groups is 3. The Balaban J connectivity index is 4.41. The van der Waals surface area contributed by atoms with Crippen molar-refractivity contribution in [2.45, 2.75) is 309 Å². The van der Waals surface area contributed by atoms with Gasteiger partial charge in [-0.2, -0.15) is 0 Å². The summed E-state index contributed by atoms with van der Waals surface area (Å²) in [5.41, 5.74) is 0. The van der Waals surface area contributed by atoms with Gasteiger partial charge in [-0.15, -0.1) is 0 Å². The quantitative estimate of drug-likeness (QED) is 0.0199. The van der Waals surface area contributed by atoms with Gasteiger partial charge in [0.25, 0.3) is 0 Å². The molecule has 0 aromatic carbocycles. The van der Waals surface area contributed by atoms with Crippen molar-refractivity contribution in [3.8, 4) is 0 Å². The SMILES string of the molecule is CCCCCC/C=C\CCCCCCCCCC(=O)OCC(COC(=O)CCCCCCC/C=C\CCCCCCCCCCC)OC(=O)CCCCC/C=C\C=C/CCCCCCCCC. The number of unbranched alkanes of at least 4 members (excludes halogenated alkanes) is 35. The number of allylic oxidation sites excluding steroid dienone is 8. The fourth-order valence-electron chi connectivity index (χ4n) is 8.36. The monoisotopic (exact) mass is 939 g/mol. The Morgan fingerprint density at radius 2 is 0.537 bits per heavy atom. The molecule has 0 aliphatic carbocycles. The average molecular weight is 940 g/mol. The highest BCUT2D eigenvalue weighted by molar-refractivity contribution is 5.71. The molecule has 0 aromatic rings. The zero-order valence-corrected chi connectivity index (χ0v) is 44.7. The smallest absolute Gasteiger partial charge is 0.306 e.